The van der Waals surface area contributed by atoms with Crippen LogP contribution in [-0.4, -0.2) is 13.9 Å². The van der Waals surface area contributed by atoms with Crippen molar-refractivity contribution in [2.75, 3.05) is 0 Å². The minimum absolute atomic E-state index is 0.323. The van der Waals surface area contributed by atoms with Crippen LogP contribution in [0.4, 0.5) is 0 Å². The molecule has 44 valence electrons. The third kappa shape index (κ3) is 1.51. The Morgan fingerprint density at radius 2 is 2.00 bits per heavy atom. The average Bonchev–Trinajstić information content (AvgIpc) is 2.19. The first-order valence-corrected chi connectivity index (χ1v) is 6.58. The molecular weight excluding hydrogens is 165 g/mol. The Morgan fingerprint density at radius 1 is 1.38 bits per heavy atom. The van der Waals surface area contributed by atoms with E-state index in [4.69, 9.17) is 5.26 Å². The number of rotatable bonds is 1. The minimum atomic E-state index is -0.323. The van der Waals surface area contributed by atoms with Crippen LogP contribution in [0, 0.1) is 11.3 Å². The molecule has 0 spiro atoms. The summed E-state index contributed by atoms with van der Waals surface area (Å²) in [6.45, 7) is 0. The van der Waals surface area contributed by atoms with E-state index in [9.17, 15) is 0 Å². The van der Waals surface area contributed by atoms with Crippen LogP contribution in [0.5, 0.6) is 0 Å². The fraction of sp³-hybridized carbons (Fsp3) is 0.833. The Balaban J connectivity index is 2.17. The molecule has 2 heteroatoms. The molecule has 0 radical (unpaired) electrons. The van der Waals surface area contributed by atoms with Crippen molar-refractivity contribution in [3.63, 3.8) is 0 Å². The molecule has 0 aromatic carbocycles. The molecule has 1 fully saturated rings. The van der Waals surface area contributed by atoms with Crippen molar-refractivity contribution in [2.45, 2.75) is 28.8 Å². The van der Waals surface area contributed by atoms with Crippen LogP contribution in [0.2, 0.25) is 16.0 Å². The first-order chi connectivity index (χ1) is 3.93. The van der Waals surface area contributed by atoms with Gasteiger partial charge in [-0.25, -0.2) is 0 Å². The van der Waals surface area contributed by atoms with Gasteiger partial charge in [-0.05, 0) is 0 Å². The molecule has 0 N–H and O–H groups in total. The summed E-state index contributed by atoms with van der Waals surface area (Å²) in [5, 5.41) is 12.1. The molecule has 0 aromatic rings. The molecule has 1 aliphatic heterocycles. The summed E-state index contributed by atoms with van der Waals surface area (Å²) in [7, 11) is 0. The molecule has 1 aliphatic rings. The van der Waals surface area contributed by atoms with Crippen LogP contribution >= 0.6 is 0 Å². The van der Waals surface area contributed by atoms with E-state index in [0.717, 1.165) is 5.32 Å². The van der Waals surface area contributed by atoms with Gasteiger partial charge in [0.05, 0.1) is 0 Å². The first-order valence-electron chi connectivity index (χ1n) is 2.94. The number of hydrogen-bond acceptors (Lipinski definition) is 1. The van der Waals surface area contributed by atoms with Crippen molar-refractivity contribution in [1.82, 2.24) is 0 Å². The second-order valence-electron chi connectivity index (χ2n) is 2.03. The van der Waals surface area contributed by atoms with Crippen LogP contribution in [0.1, 0.15) is 12.8 Å². The SMILES string of the molecule is N#CC[Se+]1CCCC1. The van der Waals surface area contributed by atoms with Gasteiger partial charge < -0.3 is 0 Å². The molecule has 8 heavy (non-hydrogen) atoms. The van der Waals surface area contributed by atoms with Crippen molar-refractivity contribution in [3.05, 3.63) is 0 Å². The Bertz CT molecular complexity index is 99.6. The molecule has 0 atom stereocenters. The summed E-state index contributed by atoms with van der Waals surface area (Å²) in [6.07, 6.45) is 2.82. The second kappa shape index (κ2) is 3.12. The number of hydrogen-bond donors (Lipinski definition) is 0. The summed E-state index contributed by atoms with van der Waals surface area (Å²) >= 11 is -0.323. The van der Waals surface area contributed by atoms with Gasteiger partial charge in [-0.1, -0.05) is 0 Å². The van der Waals surface area contributed by atoms with Crippen molar-refractivity contribution < 1.29 is 0 Å². The molecule has 1 heterocycles. The van der Waals surface area contributed by atoms with Gasteiger partial charge in [-0.3, -0.25) is 0 Å². The topological polar surface area (TPSA) is 23.8 Å². The zero-order valence-corrected chi connectivity index (χ0v) is 6.60. The molecular formula is C6H10NSe+. The van der Waals surface area contributed by atoms with Gasteiger partial charge in [0.2, 0.25) is 0 Å². The van der Waals surface area contributed by atoms with Crippen molar-refractivity contribution in [2.24, 2.45) is 0 Å². The molecule has 0 amide bonds. The van der Waals surface area contributed by atoms with Crippen LogP contribution < -0.4 is 0 Å². The quantitative estimate of drug-likeness (QED) is 0.557. The average molecular weight is 175 g/mol. The molecule has 0 unspecified atom stereocenters. The first kappa shape index (κ1) is 6.13. The summed E-state index contributed by atoms with van der Waals surface area (Å²) in [4.78, 5) is 0. The van der Waals surface area contributed by atoms with E-state index in [1.165, 1.54) is 23.5 Å². The van der Waals surface area contributed by atoms with Gasteiger partial charge in [0, 0.05) is 0 Å². The molecule has 0 aromatic heterocycles. The van der Waals surface area contributed by atoms with Gasteiger partial charge in [-0.15, -0.1) is 0 Å². The van der Waals surface area contributed by atoms with Crippen LogP contribution in [-0.2, 0) is 0 Å². The molecule has 1 rings (SSSR count). The Kier molecular flexibility index (Phi) is 2.39. The summed E-state index contributed by atoms with van der Waals surface area (Å²) in [6, 6.07) is 2.27. The summed E-state index contributed by atoms with van der Waals surface area (Å²) in [5.74, 6) is 0. The van der Waals surface area contributed by atoms with E-state index in [1.807, 2.05) is 0 Å². The van der Waals surface area contributed by atoms with E-state index in [2.05, 4.69) is 6.07 Å². The van der Waals surface area contributed by atoms with E-state index in [-0.39, 0.29) is 13.9 Å². The number of nitrogens with zero attached hydrogens (tertiary/aromatic N) is 1. The van der Waals surface area contributed by atoms with E-state index >= 15 is 0 Å². The fourth-order valence-corrected chi connectivity index (χ4v) is 4.94. The molecule has 1 saturated heterocycles. The zero-order valence-electron chi connectivity index (χ0n) is 4.89. The van der Waals surface area contributed by atoms with Gasteiger partial charge >= 0.3 is 54.0 Å². The third-order valence-corrected chi connectivity index (χ3v) is 6.15. The summed E-state index contributed by atoms with van der Waals surface area (Å²) in [5.41, 5.74) is 0. The van der Waals surface area contributed by atoms with Gasteiger partial charge in [0.15, 0.2) is 0 Å². The molecule has 0 aliphatic carbocycles. The normalized spacial score (nSPS) is 20.9. The molecule has 1 nitrogen and oxygen atoms in total. The van der Waals surface area contributed by atoms with Gasteiger partial charge in [-0.2, -0.15) is 0 Å². The van der Waals surface area contributed by atoms with Gasteiger partial charge in [0.25, 0.3) is 0 Å². The van der Waals surface area contributed by atoms with Crippen molar-refractivity contribution in [1.29, 1.82) is 5.26 Å². The van der Waals surface area contributed by atoms with Crippen molar-refractivity contribution in [3.8, 4) is 6.07 Å². The predicted octanol–water partition coefficient (Wildman–Crippen LogP) is 1.80. The third-order valence-electron chi connectivity index (χ3n) is 1.38. The monoisotopic (exact) mass is 176 g/mol. The zero-order chi connectivity index (χ0) is 5.82. The Hall–Kier alpha value is 0.00948. The summed E-state index contributed by atoms with van der Waals surface area (Å²) < 4.78 is 0. The molecule has 0 bridgehead atoms. The van der Waals surface area contributed by atoms with E-state index < -0.39 is 0 Å². The second-order valence-corrected chi connectivity index (χ2v) is 6.92. The maximum atomic E-state index is 8.31. The fourth-order valence-electron chi connectivity index (χ4n) is 0.950. The number of nitriles is 1. The Labute approximate surface area is 54.6 Å². The Morgan fingerprint density at radius 3 is 2.50 bits per heavy atom. The standard InChI is InChI=1S/C6H10NSe/c7-3-6-8-4-1-2-5-8/h1-2,4-6H2/q+1. The van der Waals surface area contributed by atoms with Crippen LogP contribution in [0.25, 0.3) is 0 Å². The van der Waals surface area contributed by atoms with E-state index in [0.29, 0.717) is 0 Å². The molecule has 0 saturated carbocycles. The maximum absolute atomic E-state index is 8.31. The van der Waals surface area contributed by atoms with Crippen LogP contribution in [0.15, 0.2) is 0 Å². The van der Waals surface area contributed by atoms with Crippen LogP contribution in [0.3, 0.4) is 0 Å². The predicted molar refractivity (Wildman–Crippen MR) is 35.0 cm³/mol. The van der Waals surface area contributed by atoms with E-state index in [1.54, 1.807) is 0 Å². The van der Waals surface area contributed by atoms with Gasteiger partial charge in [0.1, 0.15) is 0 Å². The van der Waals surface area contributed by atoms with Crippen molar-refractivity contribution >= 4 is 13.9 Å².